The summed E-state index contributed by atoms with van der Waals surface area (Å²) >= 11 is 0. The van der Waals surface area contributed by atoms with E-state index in [0.717, 1.165) is 16.8 Å². The summed E-state index contributed by atoms with van der Waals surface area (Å²) in [6.07, 6.45) is 0. The molecule has 1 heteroatoms. The fourth-order valence-corrected chi connectivity index (χ4v) is 11.7. The van der Waals surface area contributed by atoms with E-state index in [1.54, 1.807) is 0 Å². The van der Waals surface area contributed by atoms with Gasteiger partial charge in [0.25, 0.3) is 0 Å². The molecular weight excluding hydrogens is 759 g/mol. The first kappa shape index (κ1) is 34.6. The second-order valence-electron chi connectivity index (χ2n) is 17.3. The molecule has 14 rings (SSSR count). The van der Waals surface area contributed by atoms with Crippen LogP contribution < -0.4 is 0 Å². The van der Waals surface area contributed by atoms with Crippen molar-refractivity contribution in [2.45, 2.75) is 5.41 Å². The van der Waals surface area contributed by atoms with E-state index in [-0.39, 0.29) is 0 Å². The number of fused-ring (bicyclic) bond motifs is 17. The fraction of sp³-hybridized carbons (Fsp3) is 0.0161. The minimum atomic E-state index is -0.429. The minimum Gasteiger partial charge on any atom is -0.247 e. The van der Waals surface area contributed by atoms with Crippen LogP contribution >= 0.6 is 0 Å². The molecule has 0 atom stereocenters. The van der Waals surface area contributed by atoms with Gasteiger partial charge < -0.3 is 0 Å². The van der Waals surface area contributed by atoms with E-state index in [2.05, 4.69) is 224 Å². The van der Waals surface area contributed by atoms with Crippen LogP contribution in [-0.2, 0) is 5.41 Å². The summed E-state index contributed by atoms with van der Waals surface area (Å²) < 4.78 is 0. The normalized spacial score (nSPS) is 13.2. The predicted octanol–water partition coefficient (Wildman–Crippen LogP) is 16.2. The SMILES string of the molecule is c1ccc2c(c1)-c1ccccc1C21c2ccccc2-c2c1ccc1c2c(-c2ccc(-c3c4ccccc4c(-c4ccc5ccccc5c4)c4ccccc34)cc2)nc2ccccc21. The van der Waals surface area contributed by atoms with E-state index in [1.807, 2.05) is 0 Å². The zero-order valence-electron chi connectivity index (χ0n) is 34.3. The van der Waals surface area contributed by atoms with Crippen LogP contribution in [0.15, 0.2) is 224 Å². The van der Waals surface area contributed by atoms with Gasteiger partial charge in [-0.05, 0) is 117 Å². The van der Waals surface area contributed by atoms with Gasteiger partial charge in [-0.1, -0.05) is 212 Å². The molecule has 0 aliphatic heterocycles. The van der Waals surface area contributed by atoms with E-state index < -0.39 is 5.41 Å². The number of nitrogens with zero attached hydrogens (tertiary/aromatic N) is 1. The Bertz CT molecular complexity index is 3810. The molecule has 290 valence electrons. The molecule has 0 amide bonds. The van der Waals surface area contributed by atoms with Crippen molar-refractivity contribution in [3.8, 4) is 55.8 Å². The average Bonchev–Trinajstić information content (AvgIpc) is 3.83. The highest BCUT2D eigenvalue weighted by Crippen LogP contribution is 2.64. The summed E-state index contributed by atoms with van der Waals surface area (Å²) in [6.45, 7) is 0. The monoisotopic (exact) mass is 795 g/mol. The molecule has 1 aromatic heterocycles. The number of rotatable bonds is 3. The van der Waals surface area contributed by atoms with Crippen LogP contribution in [0.25, 0.3) is 110 Å². The molecule has 63 heavy (non-hydrogen) atoms. The lowest BCUT2D eigenvalue weighted by Crippen LogP contribution is -2.25. The molecule has 12 aromatic rings. The van der Waals surface area contributed by atoms with Crippen molar-refractivity contribution >= 4 is 54.0 Å². The van der Waals surface area contributed by atoms with Crippen LogP contribution in [0.5, 0.6) is 0 Å². The number of hydrogen-bond acceptors (Lipinski definition) is 1. The van der Waals surface area contributed by atoms with Crippen molar-refractivity contribution in [2.24, 2.45) is 0 Å². The highest BCUT2D eigenvalue weighted by molar-refractivity contribution is 6.22. The Kier molecular flexibility index (Phi) is 7.10. The molecule has 0 saturated heterocycles. The Hall–Kier alpha value is -8.13. The molecule has 1 nitrogen and oxygen atoms in total. The van der Waals surface area contributed by atoms with E-state index in [4.69, 9.17) is 4.98 Å². The summed E-state index contributed by atoms with van der Waals surface area (Å²) in [6, 6.07) is 83.3. The number of hydrogen-bond donors (Lipinski definition) is 0. The van der Waals surface area contributed by atoms with Gasteiger partial charge in [-0.25, -0.2) is 4.98 Å². The third kappa shape index (κ3) is 4.63. The molecular formula is C62H37N. The molecule has 0 fully saturated rings. The summed E-state index contributed by atoms with van der Waals surface area (Å²) in [5, 5.41) is 11.1. The fourth-order valence-electron chi connectivity index (χ4n) is 11.7. The summed E-state index contributed by atoms with van der Waals surface area (Å²) in [4.78, 5) is 5.60. The Morgan fingerprint density at radius 3 is 1.41 bits per heavy atom. The largest absolute Gasteiger partial charge is 0.247 e. The van der Waals surface area contributed by atoms with Gasteiger partial charge in [0.1, 0.15) is 0 Å². The first-order valence-electron chi connectivity index (χ1n) is 22.0. The maximum atomic E-state index is 5.60. The van der Waals surface area contributed by atoms with Crippen LogP contribution in [0.4, 0.5) is 0 Å². The molecule has 0 saturated carbocycles. The Balaban J connectivity index is 1.01. The lowest BCUT2D eigenvalue weighted by Gasteiger charge is -2.30. The minimum absolute atomic E-state index is 0.429. The van der Waals surface area contributed by atoms with E-state index >= 15 is 0 Å². The highest BCUT2D eigenvalue weighted by Gasteiger charge is 2.52. The molecule has 0 radical (unpaired) electrons. The van der Waals surface area contributed by atoms with Crippen molar-refractivity contribution in [3.05, 3.63) is 247 Å². The molecule has 1 heterocycles. The third-order valence-electron chi connectivity index (χ3n) is 14.2. The maximum absolute atomic E-state index is 5.60. The van der Waals surface area contributed by atoms with Gasteiger partial charge in [-0.15, -0.1) is 0 Å². The molecule has 0 N–H and O–H groups in total. The first-order chi connectivity index (χ1) is 31.3. The molecule has 1 spiro atoms. The van der Waals surface area contributed by atoms with E-state index in [0.29, 0.717) is 0 Å². The van der Waals surface area contributed by atoms with Gasteiger partial charge in [-0.3, -0.25) is 0 Å². The number of pyridine rings is 1. The van der Waals surface area contributed by atoms with Crippen molar-refractivity contribution in [2.75, 3.05) is 0 Å². The van der Waals surface area contributed by atoms with Crippen molar-refractivity contribution < 1.29 is 0 Å². The van der Waals surface area contributed by atoms with Crippen molar-refractivity contribution in [3.63, 3.8) is 0 Å². The number of aromatic nitrogens is 1. The third-order valence-corrected chi connectivity index (χ3v) is 14.2. The summed E-state index contributed by atoms with van der Waals surface area (Å²) in [5.41, 5.74) is 18.2. The van der Waals surface area contributed by atoms with Gasteiger partial charge >= 0.3 is 0 Å². The Morgan fingerprint density at radius 2 is 0.762 bits per heavy atom. The summed E-state index contributed by atoms with van der Waals surface area (Å²) in [7, 11) is 0. The summed E-state index contributed by atoms with van der Waals surface area (Å²) in [5.74, 6) is 0. The smallest absolute Gasteiger partial charge is 0.0794 e. The second-order valence-corrected chi connectivity index (χ2v) is 17.3. The maximum Gasteiger partial charge on any atom is 0.0794 e. The van der Waals surface area contributed by atoms with Gasteiger partial charge in [0.2, 0.25) is 0 Å². The van der Waals surface area contributed by atoms with Crippen molar-refractivity contribution in [1.82, 2.24) is 4.98 Å². The van der Waals surface area contributed by atoms with Gasteiger partial charge in [0.05, 0.1) is 16.6 Å². The lowest BCUT2D eigenvalue weighted by molar-refractivity contribution is 0.794. The van der Waals surface area contributed by atoms with Crippen LogP contribution in [0.1, 0.15) is 22.3 Å². The Morgan fingerprint density at radius 1 is 0.286 bits per heavy atom. The van der Waals surface area contributed by atoms with Crippen LogP contribution in [-0.4, -0.2) is 4.98 Å². The number of benzene rings is 11. The zero-order valence-corrected chi connectivity index (χ0v) is 34.3. The van der Waals surface area contributed by atoms with Gasteiger partial charge in [0, 0.05) is 16.3 Å². The average molecular weight is 796 g/mol. The first-order valence-corrected chi connectivity index (χ1v) is 22.0. The molecule has 11 aromatic carbocycles. The number of para-hydroxylation sites is 1. The van der Waals surface area contributed by atoms with Crippen LogP contribution in [0.2, 0.25) is 0 Å². The van der Waals surface area contributed by atoms with E-state index in [1.165, 1.54) is 115 Å². The van der Waals surface area contributed by atoms with Crippen LogP contribution in [0.3, 0.4) is 0 Å². The van der Waals surface area contributed by atoms with Gasteiger partial charge in [0.15, 0.2) is 0 Å². The van der Waals surface area contributed by atoms with Gasteiger partial charge in [-0.2, -0.15) is 0 Å². The van der Waals surface area contributed by atoms with Crippen LogP contribution in [0, 0.1) is 0 Å². The zero-order chi connectivity index (χ0) is 41.2. The standard InChI is InChI=1S/C62H37N/c1-2-16-41-37-42(34-29-38(41)15-1)58-48-22-5-3-20-46(48)57(47-21-4-6-23-49(47)58)39-30-32-40(33-31-39)61-60-50(45-19-10-14-28-56(45)63-61)35-36-55-59(60)51-24-9-13-27-54(51)62(55)52-25-11-7-17-43(52)44-18-8-12-26-53(44)62/h1-37H. The highest BCUT2D eigenvalue weighted by atomic mass is 14.7. The molecule has 0 bridgehead atoms. The predicted molar refractivity (Wildman–Crippen MR) is 264 cm³/mol. The molecule has 2 aliphatic carbocycles. The Labute approximate surface area is 365 Å². The lowest BCUT2D eigenvalue weighted by atomic mass is 9.70. The van der Waals surface area contributed by atoms with E-state index in [9.17, 15) is 0 Å². The molecule has 0 unspecified atom stereocenters. The second kappa shape index (κ2) is 12.9. The topological polar surface area (TPSA) is 12.9 Å². The quantitative estimate of drug-likeness (QED) is 0.128. The van der Waals surface area contributed by atoms with Crippen molar-refractivity contribution in [1.29, 1.82) is 0 Å². The molecule has 2 aliphatic rings.